The molecular formula is C19H30ClN3O4S. The number of nitrogens with two attached hydrogens (primary N) is 1. The first-order valence-corrected chi connectivity index (χ1v) is 11.1. The van der Waals surface area contributed by atoms with Gasteiger partial charge < -0.3 is 15.4 Å². The van der Waals surface area contributed by atoms with Gasteiger partial charge in [0.25, 0.3) is 5.91 Å². The minimum absolute atomic E-state index is 0. The molecule has 1 amide bonds. The zero-order chi connectivity index (χ0) is 19.4. The van der Waals surface area contributed by atoms with Crippen LogP contribution in [0, 0.1) is 0 Å². The van der Waals surface area contributed by atoms with Crippen LogP contribution in [0.15, 0.2) is 23.1 Å². The highest BCUT2D eigenvalue weighted by Crippen LogP contribution is 2.28. The number of carbonyl (C=O) groups is 1. The minimum Gasteiger partial charge on any atom is -0.496 e. The smallest absolute Gasteiger partial charge is 0.257 e. The monoisotopic (exact) mass is 431 g/mol. The summed E-state index contributed by atoms with van der Waals surface area (Å²) in [7, 11) is -2.14. The molecule has 1 atom stereocenters. The van der Waals surface area contributed by atoms with Crippen LogP contribution in [0.3, 0.4) is 0 Å². The number of carbonyl (C=O) groups excluding carboxylic acids is 1. The average molecular weight is 432 g/mol. The van der Waals surface area contributed by atoms with Crippen molar-refractivity contribution in [2.75, 3.05) is 33.3 Å². The Morgan fingerprint density at radius 2 is 1.79 bits per heavy atom. The predicted molar refractivity (Wildman–Crippen MR) is 111 cm³/mol. The van der Waals surface area contributed by atoms with Crippen LogP contribution >= 0.6 is 12.4 Å². The van der Waals surface area contributed by atoms with Gasteiger partial charge in [0.2, 0.25) is 10.0 Å². The van der Waals surface area contributed by atoms with E-state index in [1.807, 2.05) is 0 Å². The minimum atomic E-state index is -3.63. The standard InChI is InChI=1S/C19H29N3O4S.ClH/c1-26-18-9-8-16(27(24,25)22-11-4-2-3-5-12-22)13-17(18)19(23)21-10-6-7-15(20)14-21;/h8-9,13,15H,2-7,10-12,14,20H2,1H3;1H. The molecule has 2 aliphatic heterocycles. The highest BCUT2D eigenvalue weighted by Gasteiger charge is 2.29. The number of hydrogen-bond donors (Lipinski definition) is 1. The number of likely N-dealkylation sites (tertiary alicyclic amines) is 1. The van der Waals surface area contributed by atoms with Crippen LogP contribution in [0.2, 0.25) is 0 Å². The molecule has 1 unspecified atom stereocenters. The fourth-order valence-corrected chi connectivity index (χ4v) is 5.35. The highest BCUT2D eigenvalue weighted by molar-refractivity contribution is 7.89. The van der Waals surface area contributed by atoms with Gasteiger partial charge in [0.05, 0.1) is 17.6 Å². The molecule has 0 aromatic heterocycles. The summed E-state index contributed by atoms with van der Waals surface area (Å²) in [5.74, 6) is 0.156. The third kappa shape index (κ3) is 4.97. The lowest BCUT2D eigenvalue weighted by molar-refractivity contribution is 0.0705. The summed E-state index contributed by atoms with van der Waals surface area (Å²) in [6, 6.07) is 4.51. The van der Waals surface area contributed by atoms with Crippen molar-refractivity contribution in [1.82, 2.24) is 9.21 Å². The van der Waals surface area contributed by atoms with Gasteiger partial charge in [0.1, 0.15) is 5.75 Å². The Labute approximate surface area is 173 Å². The molecule has 2 fully saturated rings. The molecule has 2 saturated heterocycles. The molecule has 7 nitrogen and oxygen atoms in total. The number of sulfonamides is 1. The summed E-state index contributed by atoms with van der Waals surface area (Å²) in [4.78, 5) is 14.9. The first kappa shape index (κ1) is 22.9. The Kier molecular flexibility index (Phi) is 8.12. The number of rotatable bonds is 4. The van der Waals surface area contributed by atoms with Crippen molar-refractivity contribution in [3.8, 4) is 5.75 Å². The highest BCUT2D eigenvalue weighted by atomic mass is 35.5. The Balaban J connectivity index is 0.00000280. The third-order valence-electron chi connectivity index (χ3n) is 5.35. The van der Waals surface area contributed by atoms with E-state index in [0.29, 0.717) is 31.9 Å². The summed E-state index contributed by atoms with van der Waals surface area (Å²) in [6.45, 7) is 2.15. The number of methoxy groups -OCH3 is 1. The molecular weight excluding hydrogens is 402 g/mol. The molecule has 1 aromatic rings. The molecule has 2 heterocycles. The van der Waals surface area contributed by atoms with E-state index in [-0.39, 0.29) is 34.8 Å². The lowest BCUT2D eigenvalue weighted by Crippen LogP contribution is -2.45. The van der Waals surface area contributed by atoms with E-state index < -0.39 is 10.0 Å². The summed E-state index contributed by atoms with van der Waals surface area (Å²) in [6.07, 6.45) is 5.58. The van der Waals surface area contributed by atoms with E-state index in [9.17, 15) is 13.2 Å². The van der Waals surface area contributed by atoms with E-state index in [4.69, 9.17) is 10.5 Å². The summed E-state index contributed by atoms with van der Waals surface area (Å²) in [5, 5.41) is 0. The van der Waals surface area contributed by atoms with Gasteiger partial charge in [-0.2, -0.15) is 4.31 Å². The van der Waals surface area contributed by atoms with Crippen molar-refractivity contribution in [3.05, 3.63) is 23.8 Å². The molecule has 2 N–H and O–H groups in total. The molecule has 158 valence electrons. The van der Waals surface area contributed by atoms with E-state index in [1.54, 1.807) is 11.0 Å². The van der Waals surface area contributed by atoms with Crippen LogP contribution in [0.1, 0.15) is 48.9 Å². The SMILES string of the molecule is COc1ccc(S(=O)(=O)N2CCCCCC2)cc1C(=O)N1CCCC(N)C1.Cl. The van der Waals surface area contributed by atoms with Crippen molar-refractivity contribution < 1.29 is 17.9 Å². The number of nitrogens with zero attached hydrogens (tertiary/aromatic N) is 2. The maximum absolute atomic E-state index is 13.1. The van der Waals surface area contributed by atoms with Gasteiger partial charge >= 0.3 is 0 Å². The first-order valence-electron chi connectivity index (χ1n) is 9.66. The van der Waals surface area contributed by atoms with Gasteiger partial charge in [-0.05, 0) is 43.9 Å². The molecule has 28 heavy (non-hydrogen) atoms. The Bertz CT molecular complexity index is 779. The van der Waals surface area contributed by atoms with Crippen LogP contribution < -0.4 is 10.5 Å². The van der Waals surface area contributed by atoms with Crippen molar-refractivity contribution in [3.63, 3.8) is 0 Å². The number of ether oxygens (including phenoxy) is 1. The van der Waals surface area contributed by atoms with Crippen molar-refractivity contribution in [1.29, 1.82) is 0 Å². The topological polar surface area (TPSA) is 92.9 Å². The lowest BCUT2D eigenvalue weighted by Gasteiger charge is -2.31. The maximum Gasteiger partial charge on any atom is 0.257 e. The molecule has 3 rings (SSSR count). The molecule has 2 aliphatic rings. The normalized spacial score (nSPS) is 21.5. The van der Waals surface area contributed by atoms with Gasteiger partial charge in [-0.25, -0.2) is 8.42 Å². The fourth-order valence-electron chi connectivity index (χ4n) is 3.81. The van der Waals surface area contributed by atoms with Crippen molar-refractivity contribution in [2.45, 2.75) is 49.5 Å². The summed E-state index contributed by atoms with van der Waals surface area (Å²) in [5.41, 5.74) is 6.28. The number of hydrogen-bond acceptors (Lipinski definition) is 5. The second-order valence-corrected chi connectivity index (χ2v) is 9.27. The predicted octanol–water partition coefficient (Wildman–Crippen LogP) is 2.25. The molecule has 9 heteroatoms. The molecule has 0 saturated carbocycles. The maximum atomic E-state index is 13.1. The molecule has 0 spiro atoms. The number of amides is 1. The second kappa shape index (κ2) is 9.91. The van der Waals surface area contributed by atoms with Crippen molar-refractivity contribution in [2.24, 2.45) is 5.73 Å². The number of halogens is 1. The number of benzene rings is 1. The molecule has 0 bridgehead atoms. The van der Waals surface area contributed by atoms with Crippen molar-refractivity contribution >= 4 is 28.3 Å². The van der Waals surface area contributed by atoms with E-state index in [2.05, 4.69) is 0 Å². The fraction of sp³-hybridized carbons (Fsp3) is 0.632. The van der Waals surface area contributed by atoms with Crippen LogP contribution in [-0.2, 0) is 10.0 Å². The lowest BCUT2D eigenvalue weighted by atomic mass is 10.0. The second-order valence-electron chi connectivity index (χ2n) is 7.33. The Morgan fingerprint density at radius 3 is 2.39 bits per heavy atom. The van der Waals surface area contributed by atoms with Crippen LogP contribution in [-0.4, -0.2) is 62.9 Å². The average Bonchev–Trinajstić information content (AvgIpc) is 2.97. The summed E-state index contributed by atoms with van der Waals surface area (Å²) < 4.78 is 33.0. The van der Waals surface area contributed by atoms with E-state index >= 15 is 0 Å². The first-order chi connectivity index (χ1) is 12.9. The zero-order valence-corrected chi connectivity index (χ0v) is 17.9. The van der Waals surface area contributed by atoms with Gasteiger partial charge in [0, 0.05) is 32.2 Å². The van der Waals surface area contributed by atoms with Gasteiger partial charge in [-0.15, -0.1) is 12.4 Å². The Hall–Kier alpha value is -1.35. The third-order valence-corrected chi connectivity index (χ3v) is 7.24. The summed E-state index contributed by atoms with van der Waals surface area (Å²) >= 11 is 0. The largest absolute Gasteiger partial charge is 0.496 e. The van der Waals surface area contributed by atoms with Gasteiger partial charge in [-0.1, -0.05) is 12.8 Å². The quantitative estimate of drug-likeness (QED) is 0.789. The Morgan fingerprint density at radius 1 is 1.11 bits per heavy atom. The van der Waals surface area contributed by atoms with E-state index in [0.717, 1.165) is 38.5 Å². The zero-order valence-electron chi connectivity index (χ0n) is 16.3. The van der Waals surface area contributed by atoms with Gasteiger partial charge in [0.15, 0.2) is 0 Å². The van der Waals surface area contributed by atoms with Crippen LogP contribution in [0.25, 0.3) is 0 Å². The molecule has 0 aliphatic carbocycles. The number of piperidine rings is 1. The molecule has 0 radical (unpaired) electrons. The van der Waals surface area contributed by atoms with Gasteiger partial charge in [-0.3, -0.25) is 4.79 Å². The van der Waals surface area contributed by atoms with Crippen LogP contribution in [0.4, 0.5) is 0 Å². The molecule has 1 aromatic carbocycles. The van der Waals surface area contributed by atoms with E-state index in [1.165, 1.54) is 23.5 Å². The van der Waals surface area contributed by atoms with Crippen LogP contribution in [0.5, 0.6) is 5.75 Å².